The number of barbiturate groups is 1. The Bertz CT molecular complexity index is 875. The van der Waals surface area contributed by atoms with E-state index in [9.17, 15) is 14.4 Å². The van der Waals surface area contributed by atoms with Crippen molar-refractivity contribution in [2.45, 2.75) is 0 Å². The van der Waals surface area contributed by atoms with Crippen LogP contribution in [0.4, 0.5) is 4.79 Å². The Morgan fingerprint density at radius 2 is 1.54 bits per heavy atom. The number of carbonyl (C=O) groups excluding carboxylic acids is 3. The number of hydrogen-bond acceptors (Lipinski definition) is 4. The van der Waals surface area contributed by atoms with E-state index >= 15 is 0 Å². The number of amides is 4. The summed E-state index contributed by atoms with van der Waals surface area (Å²) in [5.74, 6) is -0.681. The number of carbonyl (C=O) groups is 3. The van der Waals surface area contributed by atoms with Gasteiger partial charge < -0.3 is 4.74 Å². The number of hydrogen-bond donors (Lipinski definition) is 0. The molecule has 1 saturated heterocycles. The third-order valence-corrected chi connectivity index (χ3v) is 4.06. The number of ether oxygens (including phenoxy) is 1. The van der Waals surface area contributed by atoms with Gasteiger partial charge in [-0.2, -0.15) is 0 Å². The summed E-state index contributed by atoms with van der Waals surface area (Å²) in [5.41, 5.74) is 0.525. The fourth-order valence-corrected chi connectivity index (χ4v) is 2.73. The van der Waals surface area contributed by atoms with Gasteiger partial charge in [-0.15, -0.1) is 0 Å². The molecule has 0 unspecified atom stereocenters. The van der Waals surface area contributed by atoms with Gasteiger partial charge in [-0.05, 0) is 11.5 Å². The van der Waals surface area contributed by atoms with Crippen LogP contribution in [0, 0.1) is 0 Å². The van der Waals surface area contributed by atoms with Crippen molar-refractivity contribution in [3.8, 4) is 5.75 Å². The number of rotatable bonds is 2. The van der Waals surface area contributed by atoms with E-state index in [4.69, 9.17) is 4.74 Å². The highest BCUT2D eigenvalue weighted by atomic mass is 16.5. The highest BCUT2D eigenvalue weighted by molar-refractivity contribution is 6.30. The predicted molar refractivity (Wildman–Crippen MR) is 89.4 cm³/mol. The number of fused-ring (bicyclic) bond motifs is 1. The van der Waals surface area contributed by atoms with Crippen LogP contribution in [0.2, 0.25) is 0 Å². The summed E-state index contributed by atoms with van der Waals surface area (Å²) in [4.78, 5) is 38.3. The number of nitrogens with zero attached hydrogens (tertiary/aromatic N) is 2. The van der Waals surface area contributed by atoms with Crippen LogP contribution in [0.15, 0.2) is 42.0 Å². The fourth-order valence-electron chi connectivity index (χ4n) is 2.73. The van der Waals surface area contributed by atoms with Crippen molar-refractivity contribution in [2.24, 2.45) is 0 Å². The van der Waals surface area contributed by atoms with Gasteiger partial charge in [0.15, 0.2) is 0 Å². The van der Waals surface area contributed by atoms with E-state index in [1.54, 1.807) is 6.07 Å². The van der Waals surface area contributed by atoms with Crippen molar-refractivity contribution in [1.29, 1.82) is 0 Å². The Hall–Kier alpha value is -3.15. The highest BCUT2D eigenvalue weighted by Crippen LogP contribution is 2.32. The van der Waals surface area contributed by atoms with Gasteiger partial charge in [0.05, 0.1) is 7.11 Å². The van der Waals surface area contributed by atoms with Crippen molar-refractivity contribution in [3.63, 3.8) is 0 Å². The van der Waals surface area contributed by atoms with Crippen LogP contribution in [0.1, 0.15) is 5.56 Å². The first-order valence-corrected chi connectivity index (χ1v) is 7.33. The molecule has 6 nitrogen and oxygen atoms in total. The smallest absolute Gasteiger partial charge is 0.333 e. The SMILES string of the molecule is COc1c(C=C2C(=O)N(C)C(=O)N(C)C2=O)ccc2ccccc12. The lowest BCUT2D eigenvalue weighted by Gasteiger charge is -2.29. The number of imide groups is 2. The highest BCUT2D eigenvalue weighted by Gasteiger charge is 2.37. The average Bonchev–Trinajstić information content (AvgIpc) is 2.61. The molecule has 0 bridgehead atoms. The lowest BCUT2D eigenvalue weighted by atomic mass is 10.0. The standard InChI is InChI=1S/C18H16N2O4/c1-19-16(21)14(17(22)20(2)18(19)23)10-12-9-8-11-6-4-5-7-13(11)15(12)24-3/h4-10H,1-3H3. The first kappa shape index (κ1) is 15.7. The number of urea groups is 1. The molecule has 2 aromatic rings. The molecule has 0 N–H and O–H groups in total. The minimum Gasteiger partial charge on any atom is -0.495 e. The molecule has 2 aromatic carbocycles. The Balaban J connectivity index is 2.17. The molecule has 0 atom stereocenters. The zero-order valence-electron chi connectivity index (χ0n) is 13.6. The quantitative estimate of drug-likeness (QED) is 0.628. The second-order valence-corrected chi connectivity index (χ2v) is 5.48. The van der Waals surface area contributed by atoms with Gasteiger partial charge in [0.1, 0.15) is 11.3 Å². The Labute approximate surface area is 138 Å². The van der Waals surface area contributed by atoms with Crippen LogP contribution >= 0.6 is 0 Å². The van der Waals surface area contributed by atoms with E-state index in [2.05, 4.69) is 0 Å². The average molecular weight is 324 g/mol. The topological polar surface area (TPSA) is 66.9 Å². The van der Waals surface area contributed by atoms with Crippen LogP contribution in [-0.4, -0.2) is 48.9 Å². The summed E-state index contributed by atoms with van der Waals surface area (Å²) in [6, 6.07) is 10.7. The molecule has 0 aromatic heterocycles. The first-order chi connectivity index (χ1) is 11.5. The largest absolute Gasteiger partial charge is 0.495 e. The molecule has 0 saturated carbocycles. The van der Waals surface area contributed by atoms with E-state index in [1.807, 2.05) is 30.3 Å². The molecule has 1 fully saturated rings. The van der Waals surface area contributed by atoms with Crippen LogP contribution in [0.3, 0.4) is 0 Å². The van der Waals surface area contributed by atoms with E-state index < -0.39 is 17.8 Å². The van der Waals surface area contributed by atoms with E-state index in [0.717, 1.165) is 20.6 Å². The molecule has 6 heteroatoms. The normalized spacial score (nSPS) is 15.3. The monoisotopic (exact) mass is 324 g/mol. The molecule has 0 spiro atoms. The summed E-state index contributed by atoms with van der Waals surface area (Å²) in [7, 11) is 4.23. The summed E-state index contributed by atoms with van der Waals surface area (Å²) in [5, 5.41) is 1.87. The van der Waals surface area contributed by atoms with E-state index in [-0.39, 0.29) is 5.57 Å². The molecule has 0 aliphatic carbocycles. The second kappa shape index (κ2) is 5.81. The molecule has 1 heterocycles. The zero-order chi connectivity index (χ0) is 17.4. The van der Waals surface area contributed by atoms with Crippen LogP contribution in [0.25, 0.3) is 16.8 Å². The molecule has 3 rings (SSSR count). The van der Waals surface area contributed by atoms with E-state index in [0.29, 0.717) is 11.3 Å². The molecular weight excluding hydrogens is 308 g/mol. The van der Waals surface area contributed by atoms with E-state index in [1.165, 1.54) is 27.3 Å². The summed E-state index contributed by atoms with van der Waals surface area (Å²) in [6.07, 6.45) is 1.47. The summed E-state index contributed by atoms with van der Waals surface area (Å²) in [6.45, 7) is 0. The second-order valence-electron chi connectivity index (χ2n) is 5.48. The third-order valence-electron chi connectivity index (χ3n) is 4.06. The van der Waals surface area contributed by atoms with Crippen molar-refractivity contribution >= 4 is 34.7 Å². The molecule has 24 heavy (non-hydrogen) atoms. The Kier molecular flexibility index (Phi) is 3.81. The number of methoxy groups -OCH3 is 1. The summed E-state index contributed by atoms with van der Waals surface area (Å²) < 4.78 is 5.48. The van der Waals surface area contributed by atoms with Crippen molar-refractivity contribution in [3.05, 3.63) is 47.5 Å². The number of benzene rings is 2. The molecule has 1 aliphatic heterocycles. The molecule has 4 amide bonds. The van der Waals surface area contributed by atoms with Crippen LogP contribution < -0.4 is 4.74 Å². The molecular formula is C18H16N2O4. The lowest BCUT2D eigenvalue weighted by molar-refractivity contribution is -0.134. The molecule has 1 aliphatic rings. The van der Waals surface area contributed by atoms with Gasteiger partial charge in [-0.3, -0.25) is 19.4 Å². The first-order valence-electron chi connectivity index (χ1n) is 7.33. The van der Waals surface area contributed by atoms with Crippen molar-refractivity contribution < 1.29 is 19.1 Å². The van der Waals surface area contributed by atoms with Gasteiger partial charge in [0.2, 0.25) is 0 Å². The maximum atomic E-state index is 12.3. The lowest BCUT2D eigenvalue weighted by Crippen LogP contribution is -2.52. The minimum absolute atomic E-state index is 0.0758. The van der Waals surface area contributed by atoms with Crippen molar-refractivity contribution in [2.75, 3.05) is 21.2 Å². The predicted octanol–water partition coefficient (Wildman–Crippen LogP) is 2.28. The molecule has 122 valence electrons. The van der Waals surface area contributed by atoms with Gasteiger partial charge in [0.25, 0.3) is 11.8 Å². The van der Waals surface area contributed by atoms with Crippen LogP contribution in [-0.2, 0) is 9.59 Å². The van der Waals surface area contributed by atoms with Gasteiger partial charge in [-0.1, -0.05) is 36.4 Å². The fraction of sp³-hybridized carbons (Fsp3) is 0.167. The molecule has 0 radical (unpaired) electrons. The van der Waals surface area contributed by atoms with Gasteiger partial charge in [-0.25, -0.2) is 4.79 Å². The third kappa shape index (κ3) is 2.32. The Morgan fingerprint density at radius 1 is 0.917 bits per heavy atom. The van der Waals surface area contributed by atoms with Crippen molar-refractivity contribution in [1.82, 2.24) is 9.80 Å². The maximum Gasteiger partial charge on any atom is 0.333 e. The number of likely N-dealkylation sites (N-methyl/N-ethyl adjacent to an activating group) is 2. The zero-order valence-corrected chi connectivity index (χ0v) is 13.6. The maximum absolute atomic E-state index is 12.3. The van der Waals surface area contributed by atoms with Gasteiger partial charge in [0, 0.05) is 25.0 Å². The van der Waals surface area contributed by atoms with Gasteiger partial charge >= 0.3 is 6.03 Å². The summed E-state index contributed by atoms with van der Waals surface area (Å²) >= 11 is 0. The minimum atomic E-state index is -0.646. The Morgan fingerprint density at radius 3 is 2.17 bits per heavy atom. The van der Waals surface area contributed by atoms with Crippen LogP contribution in [0.5, 0.6) is 5.75 Å².